The second-order valence-corrected chi connectivity index (χ2v) is 5.83. The Morgan fingerprint density at radius 3 is 2.73 bits per heavy atom. The van der Waals surface area contributed by atoms with Crippen LogP contribution in [-0.4, -0.2) is 51.1 Å². The Balaban J connectivity index is 1.78. The van der Waals surface area contributed by atoms with Gasteiger partial charge in [0, 0.05) is 19.6 Å². The maximum absolute atomic E-state index is 5.45. The summed E-state index contributed by atoms with van der Waals surface area (Å²) < 4.78 is 12.7. The summed E-state index contributed by atoms with van der Waals surface area (Å²) in [5.74, 6) is 1.64. The molecule has 0 saturated carbocycles. The normalized spacial score (nSPS) is 16.5. The van der Waals surface area contributed by atoms with Gasteiger partial charge in [0.1, 0.15) is 5.69 Å². The van der Waals surface area contributed by atoms with Crippen molar-refractivity contribution >= 4 is 0 Å². The van der Waals surface area contributed by atoms with Crippen LogP contribution in [-0.2, 0) is 17.8 Å². The Labute approximate surface area is 130 Å². The van der Waals surface area contributed by atoms with Crippen LogP contribution in [0.25, 0.3) is 11.6 Å². The van der Waals surface area contributed by atoms with E-state index in [1.807, 2.05) is 10.7 Å². The van der Waals surface area contributed by atoms with Crippen LogP contribution in [0.4, 0.5) is 0 Å². The SMILES string of the molecule is CCn1nc(C(C)C)cc1-c1nc(CN2CCOCC2)no1. The number of rotatable bonds is 5. The van der Waals surface area contributed by atoms with E-state index in [1.165, 1.54) is 0 Å². The molecule has 1 aliphatic rings. The molecule has 2 aromatic heterocycles. The van der Waals surface area contributed by atoms with Crippen LogP contribution in [0.2, 0.25) is 0 Å². The van der Waals surface area contributed by atoms with E-state index in [2.05, 4.69) is 40.9 Å². The van der Waals surface area contributed by atoms with Crippen LogP contribution in [0.3, 0.4) is 0 Å². The first-order valence-electron chi connectivity index (χ1n) is 7.88. The molecule has 120 valence electrons. The zero-order valence-corrected chi connectivity index (χ0v) is 13.4. The Morgan fingerprint density at radius 2 is 2.05 bits per heavy atom. The van der Waals surface area contributed by atoms with Gasteiger partial charge in [-0.1, -0.05) is 19.0 Å². The van der Waals surface area contributed by atoms with E-state index >= 15 is 0 Å². The van der Waals surface area contributed by atoms with Gasteiger partial charge in [0.05, 0.1) is 25.5 Å². The molecule has 1 saturated heterocycles. The molecule has 7 heteroatoms. The molecule has 0 bridgehead atoms. The van der Waals surface area contributed by atoms with Crippen LogP contribution < -0.4 is 0 Å². The number of ether oxygens (including phenoxy) is 1. The van der Waals surface area contributed by atoms with Crippen LogP contribution in [0, 0.1) is 0 Å². The minimum atomic E-state index is 0.377. The van der Waals surface area contributed by atoms with Crippen molar-refractivity contribution in [3.63, 3.8) is 0 Å². The summed E-state index contributed by atoms with van der Waals surface area (Å²) in [6, 6.07) is 2.04. The molecule has 1 aliphatic heterocycles. The van der Waals surface area contributed by atoms with Crippen molar-refractivity contribution in [1.29, 1.82) is 0 Å². The van der Waals surface area contributed by atoms with Crippen molar-refractivity contribution in [3.8, 4) is 11.6 Å². The average Bonchev–Trinajstić information content (AvgIpc) is 3.14. The second-order valence-electron chi connectivity index (χ2n) is 5.83. The molecule has 7 nitrogen and oxygen atoms in total. The number of aryl methyl sites for hydroxylation is 1. The summed E-state index contributed by atoms with van der Waals surface area (Å²) in [5, 5.41) is 8.70. The summed E-state index contributed by atoms with van der Waals surface area (Å²) in [7, 11) is 0. The lowest BCUT2D eigenvalue weighted by Gasteiger charge is -2.24. The lowest BCUT2D eigenvalue weighted by Crippen LogP contribution is -2.35. The van der Waals surface area contributed by atoms with Crippen LogP contribution in [0.5, 0.6) is 0 Å². The zero-order valence-electron chi connectivity index (χ0n) is 13.4. The van der Waals surface area contributed by atoms with Crippen molar-refractivity contribution in [1.82, 2.24) is 24.8 Å². The lowest BCUT2D eigenvalue weighted by molar-refractivity contribution is 0.0327. The summed E-state index contributed by atoms with van der Waals surface area (Å²) in [4.78, 5) is 6.81. The number of hydrogen-bond acceptors (Lipinski definition) is 6. The summed E-state index contributed by atoms with van der Waals surface area (Å²) >= 11 is 0. The molecule has 22 heavy (non-hydrogen) atoms. The standard InChI is InChI=1S/C15H23N5O2/c1-4-20-13(9-12(17-20)11(2)3)15-16-14(18-22-15)10-19-5-7-21-8-6-19/h9,11H,4-8,10H2,1-3H3. The van der Waals surface area contributed by atoms with Gasteiger partial charge in [-0.2, -0.15) is 10.1 Å². The largest absolute Gasteiger partial charge is 0.379 e. The second kappa shape index (κ2) is 6.58. The number of nitrogens with zero attached hydrogens (tertiary/aromatic N) is 5. The molecular formula is C15H23N5O2. The van der Waals surface area contributed by atoms with Gasteiger partial charge in [-0.05, 0) is 18.9 Å². The van der Waals surface area contributed by atoms with Gasteiger partial charge in [-0.3, -0.25) is 9.58 Å². The lowest BCUT2D eigenvalue weighted by atomic mass is 10.1. The van der Waals surface area contributed by atoms with Gasteiger partial charge in [0.15, 0.2) is 5.82 Å². The highest BCUT2D eigenvalue weighted by Crippen LogP contribution is 2.23. The van der Waals surface area contributed by atoms with E-state index in [0.29, 0.717) is 24.2 Å². The summed E-state index contributed by atoms with van der Waals surface area (Å²) in [6.07, 6.45) is 0. The van der Waals surface area contributed by atoms with Crippen molar-refractivity contribution in [2.45, 2.75) is 39.8 Å². The van der Waals surface area contributed by atoms with Gasteiger partial charge < -0.3 is 9.26 Å². The Hall–Kier alpha value is -1.73. The van der Waals surface area contributed by atoms with Crippen molar-refractivity contribution in [2.24, 2.45) is 0 Å². The molecule has 0 unspecified atom stereocenters. The van der Waals surface area contributed by atoms with Crippen molar-refractivity contribution < 1.29 is 9.26 Å². The predicted molar refractivity (Wildman–Crippen MR) is 81.4 cm³/mol. The van der Waals surface area contributed by atoms with Gasteiger partial charge >= 0.3 is 0 Å². The molecule has 1 fully saturated rings. The molecule has 0 atom stereocenters. The third kappa shape index (κ3) is 3.20. The first kappa shape index (κ1) is 15.2. The first-order valence-corrected chi connectivity index (χ1v) is 7.88. The predicted octanol–water partition coefficient (Wildman–Crippen LogP) is 1.91. The molecule has 0 aliphatic carbocycles. The smallest absolute Gasteiger partial charge is 0.276 e. The highest BCUT2D eigenvalue weighted by atomic mass is 16.5. The number of aromatic nitrogens is 4. The maximum Gasteiger partial charge on any atom is 0.276 e. The molecular weight excluding hydrogens is 282 g/mol. The molecule has 3 rings (SSSR count). The average molecular weight is 305 g/mol. The Morgan fingerprint density at radius 1 is 1.27 bits per heavy atom. The molecule has 0 aromatic carbocycles. The minimum Gasteiger partial charge on any atom is -0.379 e. The Kier molecular flexibility index (Phi) is 4.54. The summed E-state index contributed by atoms with van der Waals surface area (Å²) in [6.45, 7) is 11.2. The molecule has 0 spiro atoms. The monoisotopic (exact) mass is 305 g/mol. The third-order valence-corrected chi connectivity index (χ3v) is 3.85. The van der Waals surface area contributed by atoms with Crippen LogP contribution >= 0.6 is 0 Å². The molecule has 3 heterocycles. The van der Waals surface area contributed by atoms with E-state index in [0.717, 1.165) is 44.2 Å². The van der Waals surface area contributed by atoms with Crippen LogP contribution in [0.1, 0.15) is 38.2 Å². The molecule has 0 radical (unpaired) electrons. The minimum absolute atomic E-state index is 0.377. The zero-order chi connectivity index (χ0) is 15.5. The number of hydrogen-bond donors (Lipinski definition) is 0. The fourth-order valence-electron chi connectivity index (χ4n) is 2.51. The first-order chi connectivity index (χ1) is 10.7. The fraction of sp³-hybridized carbons (Fsp3) is 0.667. The highest BCUT2D eigenvalue weighted by molar-refractivity contribution is 5.48. The van der Waals surface area contributed by atoms with Crippen molar-refractivity contribution in [2.75, 3.05) is 26.3 Å². The van der Waals surface area contributed by atoms with Gasteiger partial charge in [0.2, 0.25) is 0 Å². The topological polar surface area (TPSA) is 69.2 Å². The van der Waals surface area contributed by atoms with Gasteiger partial charge in [0.25, 0.3) is 5.89 Å². The van der Waals surface area contributed by atoms with E-state index < -0.39 is 0 Å². The fourth-order valence-corrected chi connectivity index (χ4v) is 2.51. The quantitative estimate of drug-likeness (QED) is 0.840. The van der Waals surface area contributed by atoms with E-state index in [1.54, 1.807) is 0 Å². The van der Waals surface area contributed by atoms with Gasteiger partial charge in [-0.15, -0.1) is 0 Å². The van der Waals surface area contributed by atoms with E-state index in [-0.39, 0.29) is 0 Å². The van der Waals surface area contributed by atoms with E-state index in [4.69, 9.17) is 9.26 Å². The summed E-state index contributed by atoms with van der Waals surface area (Å²) in [5.41, 5.74) is 1.94. The van der Waals surface area contributed by atoms with Gasteiger partial charge in [-0.25, -0.2) is 0 Å². The third-order valence-electron chi connectivity index (χ3n) is 3.85. The highest BCUT2D eigenvalue weighted by Gasteiger charge is 2.19. The molecule has 0 amide bonds. The Bertz CT molecular complexity index is 613. The van der Waals surface area contributed by atoms with E-state index in [9.17, 15) is 0 Å². The van der Waals surface area contributed by atoms with Crippen LogP contribution in [0.15, 0.2) is 10.6 Å². The van der Waals surface area contributed by atoms with Crippen molar-refractivity contribution in [3.05, 3.63) is 17.6 Å². The maximum atomic E-state index is 5.45. The molecule has 0 N–H and O–H groups in total. The number of morpholine rings is 1. The molecule has 2 aromatic rings.